The molecule has 0 aliphatic rings. The Bertz CT molecular complexity index is 1020. The Balaban J connectivity index is 4.16. The van der Waals surface area contributed by atoms with Crippen molar-refractivity contribution in [1.29, 1.82) is 0 Å². The maximum atomic E-state index is 13.7. The summed E-state index contributed by atoms with van der Waals surface area (Å²) in [7, 11) is -4.93. The summed E-state index contributed by atoms with van der Waals surface area (Å²) in [6.07, 6.45) is 0. The lowest BCUT2D eigenvalue weighted by molar-refractivity contribution is -0.163. The van der Waals surface area contributed by atoms with Gasteiger partial charge in [0.1, 0.15) is 0 Å². The van der Waals surface area contributed by atoms with E-state index in [-0.39, 0.29) is 18.8 Å². The maximum Gasteiger partial charge on any atom is 0.360 e. The van der Waals surface area contributed by atoms with Crippen LogP contribution in [0.1, 0.15) is 29.8 Å². The minimum absolute atomic E-state index is 0.0798. The van der Waals surface area contributed by atoms with Crippen molar-refractivity contribution < 1.29 is 51.1 Å². The Labute approximate surface area is 204 Å². The van der Waals surface area contributed by atoms with Gasteiger partial charge in [-0.05, 0) is 32.4 Å². The number of hydrogen-bond donors (Lipinski definition) is 1. The average Bonchev–Trinajstić information content (AvgIpc) is 2.85. The maximum absolute atomic E-state index is 13.7. The lowest BCUT2D eigenvalue weighted by Crippen LogP contribution is -2.62. The first-order valence-corrected chi connectivity index (χ1v) is 13.5. The highest BCUT2D eigenvalue weighted by Gasteiger charge is 2.61. The normalized spacial score (nSPS) is 12.7. The SMILES string of the molecule is CCOC(=O)C(NC(=O)c1ccccc1C)(C(=O)OCC)/C(=C/P(=O)(OC)OC)P(=O)(OC)OC. The number of nitrogens with one attached hydrogen (secondary N) is 1. The minimum atomic E-state index is -4.64. The average molecular weight is 535 g/mol. The lowest BCUT2D eigenvalue weighted by Gasteiger charge is -2.34. The summed E-state index contributed by atoms with van der Waals surface area (Å²) >= 11 is 0. The summed E-state index contributed by atoms with van der Waals surface area (Å²) in [6, 6.07) is 6.31. The molecule has 1 aromatic carbocycles. The zero-order chi connectivity index (χ0) is 26.9. The molecule has 196 valence electrons. The number of carbonyl (C=O) groups excluding carboxylic acids is 3. The van der Waals surface area contributed by atoms with E-state index in [0.717, 1.165) is 28.4 Å². The van der Waals surface area contributed by atoms with E-state index in [1.165, 1.54) is 19.9 Å². The molecule has 0 aliphatic carbocycles. The number of amides is 1. The van der Waals surface area contributed by atoms with E-state index in [0.29, 0.717) is 11.4 Å². The van der Waals surface area contributed by atoms with Crippen molar-refractivity contribution in [3.8, 4) is 0 Å². The summed E-state index contributed by atoms with van der Waals surface area (Å²) in [5.74, 6) is -3.09. The smallest absolute Gasteiger partial charge is 0.360 e. The van der Waals surface area contributed by atoms with Gasteiger partial charge in [0.15, 0.2) is 0 Å². The van der Waals surface area contributed by atoms with Crippen LogP contribution < -0.4 is 5.32 Å². The predicted octanol–water partition coefficient (Wildman–Crippen LogP) is 3.40. The van der Waals surface area contributed by atoms with E-state index in [1.807, 2.05) is 0 Å². The van der Waals surface area contributed by atoms with Gasteiger partial charge in [0.2, 0.25) is 0 Å². The van der Waals surface area contributed by atoms with Gasteiger partial charge in [-0.2, -0.15) is 0 Å². The van der Waals surface area contributed by atoms with Crippen molar-refractivity contribution in [3.63, 3.8) is 0 Å². The molecule has 0 saturated carbocycles. The third kappa shape index (κ3) is 6.67. The molecule has 0 atom stereocenters. The molecule has 1 aromatic rings. The van der Waals surface area contributed by atoms with Crippen LogP contribution in [0.2, 0.25) is 0 Å². The third-order valence-corrected chi connectivity index (χ3v) is 8.62. The first kappa shape index (κ1) is 30.7. The van der Waals surface area contributed by atoms with Crippen LogP contribution in [0.25, 0.3) is 0 Å². The highest BCUT2D eigenvalue weighted by Crippen LogP contribution is 2.63. The summed E-state index contributed by atoms with van der Waals surface area (Å²) in [5.41, 5.74) is -2.38. The second-order valence-electron chi connectivity index (χ2n) is 6.74. The Hall–Kier alpha value is -2.33. The largest absolute Gasteiger partial charge is 0.464 e. The number of hydrogen-bond acceptors (Lipinski definition) is 11. The highest BCUT2D eigenvalue weighted by molar-refractivity contribution is 7.62. The van der Waals surface area contributed by atoms with Crippen LogP contribution in [0.5, 0.6) is 0 Å². The van der Waals surface area contributed by atoms with Gasteiger partial charge in [0.25, 0.3) is 11.4 Å². The van der Waals surface area contributed by atoms with Crippen LogP contribution >= 0.6 is 15.2 Å². The van der Waals surface area contributed by atoms with Gasteiger partial charge in [-0.25, -0.2) is 9.59 Å². The second kappa shape index (κ2) is 13.1. The molecule has 0 unspecified atom stereocenters. The van der Waals surface area contributed by atoms with E-state index >= 15 is 0 Å². The van der Waals surface area contributed by atoms with Gasteiger partial charge in [0, 0.05) is 39.8 Å². The monoisotopic (exact) mass is 535 g/mol. The van der Waals surface area contributed by atoms with Crippen molar-refractivity contribution >= 4 is 33.0 Å². The van der Waals surface area contributed by atoms with Gasteiger partial charge in [-0.1, -0.05) is 18.2 Å². The predicted molar refractivity (Wildman–Crippen MR) is 126 cm³/mol. The molecule has 0 radical (unpaired) electrons. The van der Waals surface area contributed by atoms with E-state index < -0.39 is 43.9 Å². The van der Waals surface area contributed by atoms with Gasteiger partial charge >= 0.3 is 27.1 Å². The molecule has 14 heteroatoms. The first-order chi connectivity index (χ1) is 16.4. The molecule has 0 fully saturated rings. The number of benzene rings is 1. The topological polar surface area (TPSA) is 153 Å². The molecule has 0 bridgehead atoms. The molecule has 1 amide bonds. The molecule has 0 aliphatic heterocycles. The number of ether oxygens (including phenoxy) is 2. The lowest BCUT2D eigenvalue weighted by atomic mass is 9.97. The summed E-state index contributed by atoms with van der Waals surface area (Å²) in [5, 5.41) is 1.41. The van der Waals surface area contributed by atoms with Crippen molar-refractivity contribution in [2.75, 3.05) is 41.7 Å². The van der Waals surface area contributed by atoms with Gasteiger partial charge in [-0.15, -0.1) is 0 Å². The molecular formula is C21H31NO11P2. The molecule has 0 aromatic heterocycles. The summed E-state index contributed by atoms with van der Waals surface area (Å²) in [4.78, 5) is 40.2. The molecule has 0 saturated heterocycles. The molecule has 1 rings (SSSR count). The Morgan fingerprint density at radius 1 is 0.886 bits per heavy atom. The molecular weight excluding hydrogens is 504 g/mol. The second-order valence-corrected chi connectivity index (χ2v) is 11.0. The molecule has 0 heterocycles. The fraction of sp³-hybridized carbons (Fsp3) is 0.476. The van der Waals surface area contributed by atoms with E-state index in [2.05, 4.69) is 5.32 Å². The molecule has 35 heavy (non-hydrogen) atoms. The van der Waals surface area contributed by atoms with Gasteiger partial charge in [0.05, 0.1) is 18.5 Å². The third-order valence-electron chi connectivity index (χ3n) is 4.80. The summed E-state index contributed by atoms with van der Waals surface area (Å²) < 4.78 is 56.8. The zero-order valence-electron chi connectivity index (χ0n) is 20.7. The van der Waals surface area contributed by atoms with Gasteiger partial charge in [-0.3, -0.25) is 13.9 Å². The molecule has 0 spiro atoms. The van der Waals surface area contributed by atoms with Crippen LogP contribution in [0.4, 0.5) is 0 Å². The van der Waals surface area contributed by atoms with E-state index in [1.54, 1.807) is 25.1 Å². The van der Waals surface area contributed by atoms with Crippen LogP contribution in [-0.4, -0.2) is 65.0 Å². The quantitative estimate of drug-likeness (QED) is 0.225. The molecule has 12 nitrogen and oxygen atoms in total. The van der Waals surface area contributed by atoms with Crippen LogP contribution in [-0.2, 0) is 46.3 Å². The zero-order valence-corrected chi connectivity index (χ0v) is 22.5. The highest BCUT2D eigenvalue weighted by atomic mass is 31.2. The Kier molecular flexibility index (Phi) is 11.5. The number of esters is 2. The Morgan fingerprint density at radius 3 is 1.77 bits per heavy atom. The van der Waals surface area contributed by atoms with Gasteiger partial charge < -0.3 is 32.9 Å². The van der Waals surface area contributed by atoms with Crippen molar-refractivity contribution in [2.24, 2.45) is 0 Å². The first-order valence-electron chi connectivity index (χ1n) is 10.3. The fourth-order valence-corrected chi connectivity index (χ4v) is 6.01. The van der Waals surface area contributed by atoms with Crippen molar-refractivity contribution in [1.82, 2.24) is 5.32 Å². The minimum Gasteiger partial charge on any atom is -0.464 e. The molecule has 1 N–H and O–H groups in total. The van der Waals surface area contributed by atoms with Crippen LogP contribution in [0, 0.1) is 6.92 Å². The Morgan fingerprint density at radius 2 is 1.37 bits per heavy atom. The van der Waals surface area contributed by atoms with Crippen LogP contribution in [0.3, 0.4) is 0 Å². The van der Waals surface area contributed by atoms with Crippen molar-refractivity contribution in [2.45, 2.75) is 26.3 Å². The number of aryl methyl sites for hydroxylation is 1. The van der Waals surface area contributed by atoms with Crippen LogP contribution in [0.15, 0.2) is 35.4 Å². The number of rotatable bonds is 13. The standard InChI is InChI=1S/C21H31NO11P2/c1-8-32-19(24)21(20(25)33-9-2,22-18(23)16-13-11-10-12-15(16)3)17(35(27,30-6)31-7)14-34(26,28-4)29-5/h10-14H,8-9H2,1-7H3,(H,22,23)/b17-14-. The number of carbonyl (C=O) groups is 3. The van der Waals surface area contributed by atoms with Crippen molar-refractivity contribution in [3.05, 3.63) is 46.5 Å². The van der Waals surface area contributed by atoms with E-state index in [4.69, 9.17) is 27.6 Å². The fourth-order valence-electron chi connectivity index (χ4n) is 2.98. The summed E-state index contributed by atoms with van der Waals surface area (Å²) in [6.45, 7) is 4.03. The van der Waals surface area contributed by atoms with E-state index in [9.17, 15) is 23.5 Å².